The average Bonchev–Trinajstić information content (AvgIpc) is 2.41. The van der Waals surface area contributed by atoms with Crippen molar-refractivity contribution in [3.8, 4) is 5.75 Å². The van der Waals surface area contributed by atoms with Crippen LogP contribution >= 0.6 is 0 Å². The molecule has 0 spiro atoms. The molecule has 0 saturated heterocycles. The van der Waals surface area contributed by atoms with Crippen LogP contribution in [0.2, 0.25) is 0 Å². The molecule has 1 heterocycles. The van der Waals surface area contributed by atoms with Crippen molar-refractivity contribution >= 4 is 11.9 Å². The molecule has 17 heavy (non-hydrogen) atoms. The number of rotatable bonds is 2. The molecule has 0 saturated carbocycles. The summed E-state index contributed by atoms with van der Waals surface area (Å²) in [5.41, 5.74) is 1.02. The number of hydrogen-bond acceptors (Lipinski definition) is 3. The first-order valence-electron chi connectivity index (χ1n) is 5.41. The lowest BCUT2D eigenvalue weighted by atomic mass is 10.0. The average molecular weight is 235 g/mol. The third kappa shape index (κ3) is 2.22. The molecule has 1 aromatic rings. The highest BCUT2D eigenvalue weighted by Crippen LogP contribution is 2.26. The van der Waals surface area contributed by atoms with Crippen LogP contribution in [-0.2, 0) is 11.2 Å². The second-order valence-corrected chi connectivity index (χ2v) is 4.03. The predicted molar refractivity (Wildman–Crippen MR) is 60.0 cm³/mol. The summed E-state index contributed by atoms with van der Waals surface area (Å²) in [5.74, 6) is -1.24. The second-order valence-electron chi connectivity index (χ2n) is 4.03. The zero-order valence-electron chi connectivity index (χ0n) is 9.22. The van der Waals surface area contributed by atoms with Gasteiger partial charge in [-0.1, -0.05) is 6.07 Å². The van der Waals surface area contributed by atoms with Gasteiger partial charge in [-0.25, -0.2) is 0 Å². The summed E-state index contributed by atoms with van der Waals surface area (Å²) in [6.07, 6.45) is 1.24. The molecule has 0 atom stereocenters. The van der Waals surface area contributed by atoms with Gasteiger partial charge < -0.3 is 15.1 Å². The molecular weight excluding hydrogens is 222 g/mol. The molecule has 0 aromatic heterocycles. The fourth-order valence-corrected chi connectivity index (χ4v) is 2.07. The van der Waals surface area contributed by atoms with Crippen molar-refractivity contribution in [2.45, 2.75) is 12.8 Å². The Bertz CT molecular complexity index is 470. The van der Waals surface area contributed by atoms with E-state index in [1.165, 1.54) is 4.90 Å². The number of nitrogens with zero attached hydrogens (tertiary/aromatic N) is 1. The molecule has 1 aliphatic heterocycles. The summed E-state index contributed by atoms with van der Waals surface area (Å²) in [6.45, 7) is 0.104. The van der Waals surface area contributed by atoms with Crippen LogP contribution in [-0.4, -0.2) is 40.1 Å². The number of aromatic hydroxyl groups is 1. The highest BCUT2D eigenvalue weighted by atomic mass is 16.4. The van der Waals surface area contributed by atoms with Crippen LogP contribution in [0.1, 0.15) is 22.3 Å². The first kappa shape index (κ1) is 11.4. The number of amides is 1. The lowest BCUT2D eigenvalue weighted by Gasteiger charge is -2.18. The van der Waals surface area contributed by atoms with Gasteiger partial charge in [-0.15, -0.1) is 0 Å². The van der Waals surface area contributed by atoms with Gasteiger partial charge in [-0.2, -0.15) is 0 Å². The van der Waals surface area contributed by atoms with Crippen LogP contribution < -0.4 is 0 Å². The standard InChI is InChI=1S/C12H13NO4/c14-10-5-1-3-9-8(10)4-2-6-13(12(9)17)7-11(15)16/h1,3,5,14H,2,4,6-7H2,(H,15,16). The van der Waals surface area contributed by atoms with E-state index in [1.54, 1.807) is 18.2 Å². The number of carbonyl (C=O) groups excluding carboxylic acids is 1. The number of phenols is 1. The Morgan fingerprint density at radius 3 is 2.88 bits per heavy atom. The number of phenolic OH excluding ortho intramolecular Hbond substituents is 1. The third-order valence-electron chi connectivity index (χ3n) is 2.85. The molecule has 90 valence electrons. The van der Waals surface area contributed by atoms with Crippen LogP contribution in [0.5, 0.6) is 5.75 Å². The van der Waals surface area contributed by atoms with Crippen LogP contribution in [0.15, 0.2) is 18.2 Å². The van der Waals surface area contributed by atoms with E-state index in [9.17, 15) is 14.7 Å². The Kier molecular flexibility index (Phi) is 2.99. The van der Waals surface area contributed by atoms with Gasteiger partial charge in [-0.05, 0) is 25.0 Å². The first-order valence-corrected chi connectivity index (χ1v) is 5.41. The minimum atomic E-state index is -1.03. The van der Waals surface area contributed by atoms with Crippen LogP contribution in [0, 0.1) is 0 Å². The van der Waals surface area contributed by atoms with Crippen molar-refractivity contribution in [3.63, 3.8) is 0 Å². The minimum absolute atomic E-state index is 0.105. The van der Waals surface area contributed by atoms with E-state index in [1.807, 2.05) is 0 Å². The quantitative estimate of drug-likeness (QED) is 0.797. The van der Waals surface area contributed by atoms with Gasteiger partial charge >= 0.3 is 5.97 Å². The minimum Gasteiger partial charge on any atom is -0.508 e. The number of benzene rings is 1. The van der Waals surface area contributed by atoms with Gasteiger partial charge in [0.15, 0.2) is 0 Å². The molecule has 0 bridgehead atoms. The summed E-state index contributed by atoms with van der Waals surface area (Å²) in [7, 11) is 0. The molecule has 5 nitrogen and oxygen atoms in total. The Labute approximate surface area is 98.3 Å². The van der Waals surface area contributed by atoms with Crippen molar-refractivity contribution in [2.75, 3.05) is 13.1 Å². The Balaban J connectivity index is 2.36. The molecule has 0 radical (unpaired) electrons. The maximum absolute atomic E-state index is 12.1. The summed E-state index contributed by atoms with van der Waals surface area (Å²) in [6, 6.07) is 4.76. The SMILES string of the molecule is O=C(O)CN1CCCc2c(O)cccc2C1=O. The maximum atomic E-state index is 12.1. The number of aliphatic carboxylic acids is 1. The van der Waals surface area contributed by atoms with E-state index >= 15 is 0 Å². The van der Waals surface area contributed by atoms with Gasteiger partial charge in [0.05, 0.1) is 0 Å². The highest BCUT2D eigenvalue weighted by molar-refractivity contribution is 5.98. The molecule has 1 aliphatic rings. The smallest absolute Gasteiger partial charge is 0.323 e. The molecule has 1 amide bonds. The maximum Gasteiger partial charge on any atom is 0.323 e. The van der Waals surface area contributed by atoms with E-state index in [4.69, 9.17) is 5.11 Å². The van der Waals surface area contributed by atoms with E-state index < -0.39 is 5.97 Å². The lowest BCUT2D eigenvalue weighted by Crippen LogP contribution is -2.35. The number of carboxylic acids is 1. The van der Waals surface area contributed by atoms with E-state index in [0.29, 0.717) is 30.5 Å². The fourth-order valence-electron chi connectivity index (χ4n) is 2.07. The van der Waals surface area contributed by atoms with Crippen molar-refractivity contribution < 1.29 is 19.8 Å². The van der Waals surface area contributed by atoms with Gasteiger partial charge in [-0.3, -0.25) is 9.59 Å². The summed E-state index contributed by atoms with van der Waals surface area (Å²) in [5, 5.41) is 18.4. The number of carbonyl (C=O) groups is 2. The van der Waals surface area contributed by atoms with E-state index in [-0.39, 0.29) is 18.2 Å². The Morgan fingerprint density at radius 1 is 1.41 bits per heavy atom. The number of hydrogen-bond donors (Lipinski definition) is 2. The Hall–Kier alpha value is -2.04. The van der Waals surface area contributed by atoms with Gasteiger partial charge in [0.2, 0.25) is 0 Å². The monoisotopic (exact) mass is 235 g/mol. The predicted octanol–water partition coefficient (Wildman–Crippen LogP) is 0.865. The number of fused-ring (bicyclic) bond motifs is 1. The van der Waals surface area contributed by atoms with Crippen LogP contribution in [0.4, 0.5) is 0 Å². The largest absolute Gasteiger partial charge is 0.508 e. The summed E-state index contributed by atoms with van der Waals surface area (Å²) >= 11 is 0. The van der Waals surface area contributed by atoms with Crippen molar-refractivity contribution in [1.29, 1.82) is 0 Å². The lowest BCUT2D eigenvalue weighted by molar-refractivity contribution is -0.137. The molecule has 0 aliphatic carbocycles. The molecule has 2 N–H and O–H groups in total. The van der Waals surface area contributed by atoms with Crippen LogP contribution in [0.3, 0.4) is 0 Å². The summed E-state index contributed by atoms with van der Waals surface area (Å²) in [4.78, 5) is 24.0. The molecule has 0 fully saturated rings. The van der Waals surface area contributed by atoms with Gasteiger partial charge in [0.25, 0.3) is 5.91 Å². The van der Waals surface area contributed by atoms with Crippen molar-refractivity contribution in [1.82, 2.24) is 4.90 Å². The zero-order valence-corrected chi connectivity index (χ0v) is 9.22. The third-order valence-corrected chi connectivity index (χ3v) is 2.85. The van der Waals surface area contributed by atoms with Crippen LogP contribution in [0.25, 0.3) is 0 Å². The van der Waals surface area contributed by atoms with Crippen molar-refractivity contribution in [3.05, 3.63) is 29.3 Å². The second kappa shape index (κ2) is 4.45. The highest BCUT2D eigenvalue weighted by Gasteiger charge is 2.25. The van der Waals surface area contributed by atoms with E-state index in [0.717, 1.165) is 0 Å². The molecule has 0 unspecified atom stereocenters. The normalized spacial score (nSPS) is 15.3. The topological polar surface area (TPSA) is 77.8 Å². The van der Waals surface area contributed by atoms with Gasteiger partial charge in [0, 0.05) is 17.7 Å². The molecule has 2 rings (SSSR count). The van der Waals surface area contributed by atoms with E-state index in [2.05, 4.69) is 0 Å². The zero-order chi connectivity index (χ0) is 12.4. The van der Waals surface area contributed by atoms with Gasteiger partial charge in [0.1, 0.15) is 12.3 Å². The number of carboxylic acid groups (broad SMARTS) is 1. The molecule has 5 heteroatoms. The Morgan fingerprint density at radius 2 is 2.18 bits per heavy atom. The summed E-state index contributed by atoms with van der Waals surface area (Å²) < 4.78 is 0. The first-order chi connectivity index (χ1) is 8.09. The fraction of sp³-hybridized carbons (Fsp3) is 0.333. The van der Waals surface area contributed by atoms with Crippen molar-refractivity contribution in [2.24, 2.45) is 0 Å². The molecular formula is C12H13NO4. The molecule has 1 aromatic carbocycles.